The number of amides is 1. The molecule has 142 valence electrons. The number of aromatic nitrogens is 1. The molecule has 1 amide bonds. The van der Waals surface area contributed by atoms with Crippen LogP contribution in [0.1, 0.15) is 27.2 Å². The van der Waals surface area contributed by atoms with Crippen molar-refractivity contribution in [1.29, 1.82) is 0 Å². The predicted octanol–water partition coefficient (Wildman–Crippen LogP) is 4.32. The number of furan rings is 1. The summed E-state index contributed by atoms with van der Waals surface area (Å²) in [4.78, 5) is 16.3. The molecule has 0 saturated carbocycles. The number of nitrogens with one attached hydrogen (secondary N) is 1. The van der Waals surface area contributed by atoms with Crippen LogP contribution < -0.4 is 10.1 Å². The standard InChI is InChI=1S/C19H17F3N2O3/c1-11-5-3-7-14-12(2)16(27-15(11)14)17(25)24-9-13-6-4-8-23-18(13)26-10-19(20,21)22/h3-8H,9-10H2,1-2H3,(H,24,25). The number of nitrogens with zero attached hydrogens (tertiary/aromatic N) is 1. The molecule has 27 heavy (non-hydrogen) atoms. The van der Waals surface area contributed by atoms with Gasteiger partial charge in [0.2, 0.25) is 5.88 Å². The Morgan fingerprint density at radius 2 is 2.00 bits per heavy atom. The quantitative estimate of drug-likeness (QED) is 0.718. The number of rotatable bonds is 5. The number of para-hydroxylation sites is 1. The molecular formula is C19H17F3N2O3. The SMILES string of the molecule is Cc1c(C(=O)NCc2cccnc2OCC(F)(F)F)oc2c(C)cccc12. The van der Waals surface area contributed by atoms with E-state index in [-0.39, 0.29) is 18.2 Å². The Morgan fingerprint density at radius 3 is 2.70 bits per heavy atom. The molecular weight excluding hydrogens is 361 g/mol. The first-order chi connectivity index (χ1) is 12.8. The highest BCUT2D eigenvalue weighted by atomic mass is 19.4. The van der Waals surface area contributed by atoms with Crippen molar-refractivity contribution in [2.75, 3.05) is 6.61 Å². The van der Waals surface area contributed by atoms with Crippen molar-refractivity contribution in [3.05, 3.63) is 59.0 Å². The zero-order chi connectivity index (χ0) is 19.6. The van der Waals surface area contributed by atoms with Gasteiger partial charge in [0, 0.05) is 29.3 Å². The fourth-order valence-corrected chi connectivity index (χ4v) is 2.70. The topological polar surface area (TPSA) is 64.4 Å². The molecule has 0 atom stereocenters. The molecule has 2 aromatic heterocycles. The van der Waals surface area contributed by atoms with E-state index in [1.807, 2.05) is 25.1 Å². The second-order valence-corrected chi connectivity index (χ2v) is 6.06. The minimum Gasteiger partial charge on any atom is -0.468 e. The second kappa shape index (κ2) is 7.30. The third kappa shape index (κ3) is 4.21. The Bertz CT molecular complexity index is 980. The number of alkyl halides is 3. The van der Waals surface area contributed by atoms with Crippen LogP contribution in [0.3, 0.4) is 0 Å². The fourth-order valence-electron chi connectivity index (χ4n) is 2.70. The van der Waals surface area contributed by atoms with Gasteiger partial charge in [-0.1, -0.05) is 24.3 Å². The van der Waals surface area contributed by atoms with Gasteiger partial charge in [0.05, 0.1) is 0 Å². The van der Waals surface area contributed by atoms with Crippen LogP contribution in [0.2, 0.25) is 0 Å². The lowest BCUT2D eigenvalue weighted by atomic mass is 10.1. The maximum absolute atomic E-state index is 12.5. The van der Waals surface area contributed by atoms with Crippen molar-refractivity contribution in [3.63, 3.8) is 0 Å². The molecule has 0 bridgehead atoms. The minimum absolute atomic E-state index is 0.0463. The van der Waals surface area contributed by atoms with Crippen LogP contribution in [-0.4, -0.2) is 23.7 Å². The first-order valence-corrected chi connectivity index (χ1v) is 8.16. The minimum atomic E-state index is -4.47. The van der Waals surface area contributed by atoms with E-state index in [4.69, 9.17) is 9.15 Å². The first kappa shape index (κ1) is 18.8. The van der Waals surface area contributed by atoms with Gasteiger partial charge in [-0.2, -0.15) is 13.2 Å². The molecule has 0 radical (unpaired) electrons. The first-order valence-electron chi connectivity index (χ1n) is 8.16. The number of hydrogen-bond donors (Lipinski definition) is 1. The monoisotopic (exact) mass is 378 g/mol. The summed E-state index contributed by atoms with van der Waals surface area (Å²) in [5.74, 6) is -0.470. The van der Waals surface area contributed by atoms with Crippen LogP contribution in [0.25, 0.3) is 11.0 Å². The van der Waals surface area contributed by atoms with Gasteiger partial charge < -0.3 is 14.5 Å². The number of hydrogen-bond acceptors (Lipinski definition) is 4. The molecule has 0 aliphatic carbocycles. The number of benzene rings is 1. The van der Waals surface area contributed by atoms with Crippen LogP contribution in [-0.2, 0) is 6.54 Å². The van der Waals surface area contributed by atoms with Crippen molar-refractivity contribution < 1.29 is 27.1 Å². The number of carbonyl (C=O) groups excluding carboxylic acids is 1. The summed E-state index contributed by atoms with van der Waals surface area (Å²) < 4.78 is 47.5. The van der Waals surface area contributed by atoms with Gasteiger partial charge in [-0.15, -0.1) is 0 Å². The van der Waals surface area contributed by atoms with Crippen LogP contribution in [0.5, 0.6) is 5.88 Å². The predicted molar refractivity (Wildman–Crippen MR) is 92.6 cm³/mol. The van der Waals surface area contributed by atoms with E-state index in [9.17, 15) is 18.0 Å². The number of aryl methyl sites for hydroxylation is 2. The van der Waals surface area contributed by atoms with Gasteiger partial charge in [-0.25, -0.2) is 4.98 Å². The Morgan fingerprint density at radius 1 is 1.22 bits per heavy atom. The summed E-state index contributed by atoms with van der Waals surface area (Å²) in [5.41, 5.74) is 2.58. The highest BCUT2D eigenvalue weighted by Crippen LogP contribution is 2.28. The lowest BCUT2D eigenvalue weighted by Gasteiger charge is -2.12. The van der Waals surface area contributed by atoms with Crippen molar-refractivity contribution in [2.45, 2.75) is 26.6 Å². The smallest absolute Gasteiger partial charge is 0.422 e. The molecule has 0 spiro atoms. The Hall–Kier alpha value is -3.03. The number of carbonyl (C=O) groups is 1. The fraction of sp³-hybridized carbons (Fsp3) is 0.263. The summed E-state index contributed by atoms with van der Waals surface area (Å²) >= 11 is 0. The Kier molecular flexibility index (Phi) is 5.07. The van der Waals surface area contributed by atoms with Crippen LogP contribution in [0, 0.1) is 13.8 Å². The summed E-state index contributed by atoms with van der Waals surface area (Å²) in [7, 11) is 0. The zero-order valence-electron chi connectivity index (χ0n) is 14.7. The van der Waals surface area contributed by atoms with Gasteiger partial charge in [-0.05, 0) is 25.5 Å². The third-order valence-corrected chi connectivity index (χ3v) is 4.03. The van der Waals surface area contributed by atoms with Crippen molar-refractivity contribution in [1.82, 2.24) is 10.3 Å². The molecule has 1 aromatic carbocycles. The maximum Gasteiger partial charge on any atom is 0.422 e. The van der Waals surface area contributed by atoms with Gasteiger partial charge in [0.25, 0.3) is 5.91 Å². The summed E-state index contributed by atoms with van der Waals surface area (Å²) in [5, 5.41) is 3.48. The molecule has 1 N–H and O–H groups in total. The van der Waals surface area contributed by atoms with Gasteiger partial charge in [0.15, 0.2) is 12.4 Å². The summed E-state index contributed by atoms with van der Waals surface area (Å²) in [6, 6.07) is 8.71. The lowest BCUT2D eigenvalue weighted by molar-refractivity contribution is -0.154. The Balaban J connectivity index is 1.75. The van der Waals surface area contributed by atoms with Crippen molar-refractivity contribution in [3.8, 4) is 5.88 Å². The summed E-state index contributed by atoms with van der Waals surface area (Å²) in [6.45, 7) is 2.16. The third-order valence-electron chi connectivity index (χ3n) is 4.03. The molecule has 0 unspecified atom stereocenters. The highest BCUT2D eigenvalue weighted by molar-refractivity contribution is 5.99. The number of ether oxygens (including phenoxy) is 1. The molecule has 2 heterocycles. The maximum atomic E-state index is 12.5. The number of halogens is 3. The van der Waals surface area contributed by atoms with Gasteiger partial charge >= 0.3 is 6.18 Å². The largest absolute Gasteiger partial charge is 0.468 e. The van der Waals surface area contributed by atoms with Gasteiger partial charge in [0.1, 0.15) is 5.58 Å². The van der Waals surface area contributed by atoms with Crippen LogP contribution in [0.15, 0.2) is 40.9 Å². The van der Waals surface area contributed by atoms with Crippen LogP contribution >= 0.6 is 0 Å². The molecule has 0 fully saturated rings. The molecule has 3 rings (SSSR count). The van der Waals surface area contributed by atoms with E-state index in [0.717, 1.165) is 10.9 Å². The van der Waals surface area contributed by atoms with E-state index in [2.05, 4.69) is 10.3 Å². The van der Waals surface area contributed by atoms with E-state index in [1.165, 1.54) is 12.3 Å². The van der Waals surface area contributed by atoms with E-state index < -0.39 is 18.7 Å². The molecule has 3 aromatic rings. The highest BCUT2D eigenvalue weighted by Gasteiger charge is 2.29. The zero-order valence-corrected chi connectivity index (χ0v) is 14.7. The molecule has 0 aliphatic heterocycles. The second-order valence-electron chi connectivity index (χ2n) is 6.06. The van der Waals surface area contributed by atoms with Crippen molar-refractivity contribution >= 4 is 16.9 Å². The molecule has 5 nitrogen and oxygen atoms in total. The normalized spacial score (nSPS) is 11.6. The number of pyridine rings is 1. The number of fused-ring (bicyclic) bond motifs is 1. The van der Waals surface area contributed by atoms with Crippen molar-refractivity contribution in [2.24, 2.45) is 0 Å². The Labute approximate surface area is 153 Å². The lowest BCUT2D eigenvalue weighted by Crippen LogP contribution is -2.24. The summed E-state index contributed by atoms with van der Waals surface area (Å²) in [6.07, 6.45) is -3.15. The molecule has 8 heteroatoms. The van der Waals surface area contributed by atoms with Crippen LogP contribution in [0.4, 0.5) is 13.2 Å². The van der Waals surface area contributed by atoms with E-state index >= 15 is 0 Å². The average molecular weight is 378 g/mol. The van der Waals surface area contributed by atoms with Gasteiger partial charge in [-0.3, -0.25) is 4.79 Å². The molecule has 0 saturated heterocycles. The van der Waals surface area contributed by atoms with E-state index in [0.29, 0.717) is 16.7 Å². The van der Waals surface area contributed by atoms with E-state index in [1.54, 1.807) is 13.0 Å². The molecule has 0 aliphatic rings. The average Bonchev–Trinajstić information content (AvgIpc) is 2.96.